The number of halogens is 1. The second-order valence-electron chi connectivity index (χ2n) is 5.23. The normalized spacial score (nSPS) is 16.8. The van der Waals surface area contributed by atoms with Crippen molar-refractivity contribution in [3.63, 3.8) is 0 Å². The molecule has 0 amide bonds. The zero-order valence-corrected chi connectivity index (χ0v) is 12.4. The maximum atomic E-state index is 5.76. The number of hydrogen-bond donors (Lipinski definition) is 0. The summed E-state index contributed by atoms with van der Waals surface area (Å²) in [5.41, 5.74) is 0. The maximum Gasteiger partial charge on any atom is 0.136 e. The number of rotatable bonds is 4. The number of piperazine rings is 1. The Balaban J connectivity index is 1.74. The van der Waals surface area contributed by atoms with Gasteiger partial charge in [-0.3, -0.25) is 4.90 Å². The molecule has 0 saturated carbocycles. The Morgan fingerprint density at radius 1 is 1.05 bits per heavy atom. The maximum absolute atomic E-state index is 5.76. The molecule has 0 bridgehead atoms. The molecule has 20 heavy (non-hydrogen) atoms. The van der Waals surface area contributed by atoms with Crippen LogP contribution >= 0.6 is 11.6 Å². The molecule has 0 spiro atoms. The molecule has 1 saturated heterocycles. The summed E-state index contributed by atoms with van der Waals surface area (Å²) in [6, 6.07) is 10.6. The van der Waals surface area contributed by atoms with E-state index < -0.39 is 0 Å². The van der Waals surface area contributed by atoms with Gasteiger partial charge in [-0.1, -0.05) is 24.3 Å². The quantitative estimate of drug-likeness (QED) is 0.807. The van der Waals surface area contributed by atoms with Crippen LogP contribution in [0.4, 0.5) is 5.82 Å². The molecule has 1 aromatic carbocycles. The van der Waals surface area contributed by atoms with Crippen LogP contribution in [0.1, 0.15) is 6.42 Å². The van der Waals surface area contributed by atoms with Crippen molar-refractivity contribution < 1.29 is 0 Å². The van der Waals surface area contributed by atoms with E-state index in [0.29, 0.717) is 0 Å². The highest BCUT2D eigenvalue weighted by Crippen LogP contribution is 2.24. The minimum Gasteiger partial charge on any atom is -0.354 e. The second kappa shape index (κ2) is 6.42. The van der Waals surface area contributed by atoms with Crippen molar-refractivity contribution in [3.8, 4) is 0 Å². The van der Waals surface area contributed by atoms with Crippen LogP contribution in [-0.4, -0.2) is 48.5 Å². The largest absolute Gasteiger partial charge is 0.354 e. The summed E-state index contributed by atoms with van der Waals surface area (Å²) < 4.78 is 0. The van der Waals surface area contributed by atoms with Crippen molar-refractivity contribution >= 4 is 28.2 Å². The highest BCUT2D eigenvalue weighted by Gasteiger charge is 2.18. The smallest absolute Gasteiger partial charge is 0.136 e. The lowest BCUT2D eigenvalue weighted by Gasteiger charge is -2.35. The summed E-state index contributed by atoms with van der Waals surface area (Å²) in [6.07, 6.45) is 2.99. The molecule has 1 aliphatic heterocycles. The summed E-state index contributed by atoms with van der Waals surface area (Å²) in [6.45, 7) is 5.40. The monoisotopic (exact) mass is 289 g/mol. The first-order valence-corrected chi connectivity index (χ1v) is 7.79. The van der Waals surface area contributed by atoms with Crippen molar-refractivity contribution in [2.45, 2.75) is 6.42 Å². The van der Waals surface area contributed by atoms with E-state index in [1.54, 1.807) is 0 Å². The van der Waals surface area contributed by atoms with E-state index in [4.69, 9.17) is 11.6 Å². The Bertz CT molecular complexity index is 559. The molecule has 1 aliphatic rings. The number of pyridine rings is 1. The van der Waals surface area contributed by atoms with Gasteiger partial charge in [-0.2, -0.15) is 0 Å². The van der Waals surface area contributed by atoms with Gasteiger partial charge in [0, 0.05) is 43.6 Å². The highest BCUT2D eigenvalue weighted by molar-refractivity contribution is 6.17. The summed E-state index contributed by atoms with van der Waals surface area (Å²) >= 11 is 5.76. The number of alkyl halides is 1. The third-order valence-corrected chi connectivity index (χ3v) is 4.20. The van der Waals surface area contributed by atoms with Crippen LogP contribution in [0.2, 0.25) is 0 Å². The Morgan fingerprint density at radius 2 is 1.85 bits per heavy atom. The fourth-order valence-corrected chi connectivity index (χ4v) is 2.94. The molecule has 0 radical (unpaired) electrons. The average molecular weight is 290 g/mol. The van der Waals surface area contributed by atoms with Crippen LogP contribution in [0.3, 0.4) is 0 Å². The van der Waals surface area contributed by atoms with E-state index in [9.17, 15) is 0 Å². The molecule has 3 rings (SSSR count). The fourth-order valence-electron chi connectivity index (χ4n) is 2.82. The molecule has 4 heteroatoms. The summed E-state index contributed by atoms with van der Waals surface area (Å²) in [7, 11) is 0. The van der Waals surface area contributed by atoms with Gasteiger partial charge in [0.05, 0.1) is 0 Å². The zero-order chi connectivity index (χ0) is 13.8. The van der Waals surface area contributed by atoms with Crippen LogP contribution in [0.15, 0.2) is 36.5 Å². The topological polar surface area (TPSA) is 19.4 Å². The lowest BCUT2D eigenvalue weighted by Crippen LogP contribution is -2.47. The number of nitrogens with zero attached hydrogens (tertiary/aromatic N) is 3. The SMILES string of the molecule is ClCCCN1CCN(c2nccc3ccccc23)CC1. The van der Waals surface area contributed by atoms with Gasteiger partial charge in [0.1, 0.15) is 5.82 Å². The predicted octanol–water partition coefficient (Wildman–Crippen LogP) is 2.99. The minimum absolute atomic E-state index is 0.755. The molecule has 0 unspecified atom stereocenters. The van der Waals surface area contributed by atoms with E-state index in [1.807, 2.05) is 6.20 Å². The molecular weight excluding hydrogens is 270 g/mol. The predicted molar refractivity (Wildman–Crippen MR) is 85.7 cm³/mol. The van der Waals surface area contributed by atoms with E-state index >= 15 is 0 Å². The van der Waals surface area contributed by atoms with Gasteiger partial charge in [-0.15, -0.1) is 11.6 Å². The molecule has 2 aromatic rings. The summed E-state index contributed by atoms with van der Waals surface area (Å²) in [4.78, 5) is 9.50. The van der Waals surface area contributed by atoms with Crippen LogP contribution in [0.5, 0.6) is 0 Å². The summed E-state index contributed by atoms with van der Waals surface area (Å²) in [5.74, 6) is 1.88. The van der Waals surface area contributed by atoms with Gasteiger partial charge in [0.25, 0.3) is 0 Å². The number of anilines is 1. The third-order valence-electron chi connectivity index (χ3n) is 3.93. The molecular formula is C16H20ClN3. The molecule has 106 valence electrons. The first-order chi connectivity index (χ1) is 9.88. The van der Waals surface area contributed by atoms with Gasteiger partial charge in [0.2, 0.25) is 0 Å². The standard InChI is InChI=1S/C16H20ClN3/c17-7-3-9-19-10-12-20(13-11-19)16-15-5-2-1-4-14(15)6-8-18-16/h1-2,4-6,8H,3,7,9-13H2. The van der Waals surface area contributed by atoms with E-state index in [0.717, 1.165) is 50.8 Å². The van der Waals surface area contributed by atoms with Gasteiger partial charge < -0.3 is 4.90 Å². The van der Waals surface area contributed by atoms with Gasteiger partial charge >= 0.3 is 0 Å². The van der Waals surface area contributed by atoms with Crippen LogP contribution in [0.25, 0.3) is 10.8 Å². The fraction of sp³-hybridized carbons (Fsp3) is 0.438. The highest BCUT2D eigenvalue weighted by atomic mass is 35.5. The third kappa shape index (κ3) is 2.89. The van der Waals surface area contributed by atoms with Crippen LogP contribution in [-0.2, 0) is 0 Å². The van der Waals surface area contributed by atoms with Crippen LogP contribution < -0.4 is 4.90 Å². The Morgan fingerprint density at radius 3 is 2.65 bits per heavy atom. The molecule has 0 atom stereocenters. The van der Waals surface area contributed by atoms with Crippen molar-refractivity contribution in [1.82, 2.24) is 9.88 Å². The Hall–Kier alpha value is -1.32. The minimum atomic E-state index is 0.755. The van der Waals surface area contributed by atoms with Crippen molar-refractivity contribution in [2.75, 3.05) is 43.5 Å². The lowest BCUT2D eigenvalue weighted by molar-refractivity contribution is 0.258. The molecule has 1 fully saturated rings. The summed E-state index contributed by atoms with van der Waals surface area (Å²) in [5, 5.41) is 2.52. The average Bonchev–Trinajstić information content (AvgIpc) is 2.53. The number of benzene rings is 1. The number of fused-ring (bicyclic) bond motifs is 1. The Kier molecular flexibility index (Phi) is 4.38. The number of hydrogen-bond acceptors (Lipinski definition) is 3. The van der Waals surface area contributed by atoms with Gasteiger partial charge in [0.15, 0.2) is 0 Å². The first kappa shape index (κ1) is 13.7. The molecule has 0 aliphatic carbocycles. The van der Waals surface area contributed by atoms with E-state index in [1.165, 1.54) is 10.8 Å². The molecule has 2 heterocycles. The van der Waals surface area contributed by atoms with Gasteiger partial charge in [-0.25, -0.2) is 4.98 Å². The molecule has 3 nitrogen and oxygen atoms in total. The molecule has 0 N–H and O–H groups in total. The van der Waals surface area contributed by atoms with Crippen LogP contribution in [0, 0.1) is 0 Å². The first-order valence-electron chi connectivity index (χ1n) is 7.25. The Labute approximate surface area is 125 Å². The van der Waals surface area contributed by atoms with E-state index in [-0.39, 0.29) is 0 Å². The van der Waals surface area contributed by atoms with E-state index in [2.05, 4.69) is 45.1 Å². The van der Waals surface area contributed by atoms with Crippen molar-refractivity contribution in [2.24, 2.45) is 0 Å². The lowest BCUT2D eigenvalue weighted by atomic mass is 10.1. The van der Waals surface area contributed by atoms with Gasteiger partial charge in [-0.05, 0) is 24.4 Å². The van der Waals surface area contributed by atoms with Crippen molar-refractivity contribution in [1.29, 1.82) is 0 Å². The number of aromatic nitrogens is 1. The second-order valence-corrected chi connectivity index (χ2v) is 5.60. The zero-order valence-electron chi connectivity index (χ0n) is 11.6. The molecule has 1 aromatic heterocycles. The van der Waals surface area contributed by atoms with Crippen molar-refractivity contribution in [3.05, 3.63) is 36.5 Å².